The van der Waals surface area contributed by atoms with Gasteiger partial charge in [-0.3, -0.25) is 4.79 Å². The molecule has 0 aliphatic heterocycles. The summed E-state index contributed by atoms with van der Waals surface area (Å²) in [5, 5.41) is 7.48. The second-order valence-electron chi connectivity index (χ2n) is 5.95. The van der Waals surface area contributed by atoms with E-state index in [-0.39, 0.29) is 18.5 Å². The van der Waals surface area contributed by atoms with E-state index < -0.39 is 0 Å². The predicted molar refractivity (Wildman–Crippen MR) is 91.8 cm³/mol. The number of imidazole rings is 1. The molecule has 0 aliphatic carbocycles. The minimum absolute atomic E-state index is 0.0388. The van der Waals surface area contributed by atoms with Crippen LogP contribution in [0.25, 0.3) is 5.69 Å². The molecule has 6 heteroatoms. The second-order valence-corrected chi connectivity index (χ2v) is 5.95. The van der Waals surface area contributed by atoms with Gasteiger partial charge in [0.25, 0.3) is 0 Å². The summed E-state index contributed by atoms with van der Waals surface area (Å²) in [6, 6.07) is 10.1. The number of carbonyl (C=O) groups is 1. The smallest absolute Gasteiger partial charge is 0.240 e. The number of amides is 1. The van der Waals surface area contributed by atoms with Crippen molar-refractivity contribution in [3.8, 4) is 5.69 Å². The van der Waals surface area contributed by atoms with Crippen LogP contribution in [0.3, 0.4) is 0 Å². The van der Waals surface area contributed by atoms with Gasteiger partial charge in [-0.25, -0.2) is 9.67 Å². The maximum Gasteiger partial charge on any atom is 0.240 e. The van der Waals surface area contributed by atoms with Gasteiger partial charge in [0.15, 0.2) is 0 Å². The van der Waals surface area contributed by atoms with Gasteiger partial charge in [-0.2, -0.15) is 5.10 Å². The van der Waals surface area contributed by atoms with Gasteiger partial charge in [0.1, 0.15) is 6.54 Å². The lowest BCUT2D eigenvalue weighted by atomic mass is 10.1. The maximum atomic E-state index is 12.1. The lowest BCUT2D eigenvalue weighted by Gasteiger charge is -2.15. The number of nitrogens with zero attached hydrogens (tertiary/aromatic N) is 4. The lowest BCUT2D eigenvalue weighted by Crippen LogP contribution is -2.29. The monoisotopic (exact) mass is 323 g/mol. The van der Waals surface area contributed by atoms with E-state index in [4.69, 9.17) is 0 Å². The molecule has 24 heavy (non-hydrogen) atoms. The Morgan fingerprint density at radius 3 is 2.58 bits per heavy atom. The highest BCUT2D eigenvalue weighted by molar-refractivity contribution is 5.76. The molecule has 124 valence electrons. The third kappa shape index (κ3) is 3.53. The van der Waals surface area contributed by atoms with Crippen LogP contribution in [0.5, 0.6) is 0 Å². The van der Waals surface area contributed by atoms with Crippen molar-refractivity contribution in [1.29, 1.82) is 0 Å². The molecule has 0 radical (unpaired) electrons. The van der Waals surface area contributed by atoms with E-state index in [9.17, 15) is 4.79 Å². The normalized spacial score (nSPS) is 12.1. The molecule has 0 bridgehead atoms. The first-order valence-corrected chi connectivity index (χ1v) is 7.91. The first kappa shape index (κ1) is 16.0. The number of hydrogen-bond donors (Lipinski definition) is 1. The van der Waals surface area contributed by atoms with E-state index >= 15 is 0 Å². The van der Waals surface area contributed by atoms with Crippen molar-refractivity contribution in [2.45, 2.75) is 33.4 Å². The minimum atomic E-state index is -0.0597. The molecule has 0 saturated heterocycles. The quantitative estimate of drug-likeness (QED) is 0.785. The fraction of sp³-hybridized carbons (Fsp3) is 0.278. The summed E-state index contributed by atoms with van der Waals surface area (Å²) in [6.07, 6.45) is 5.06. The average Bonchev–Trinajstić information content (AvgIpc) is 3.16. The zero-order valence-corrected chi connectivity index (χ0v) is 14.1. The van der Waals surface area contributed by atoms with Crippen molar-refractivity contribution in [1.82, 2.24) is 24.6 Å². The third-order valence-corrected chi connectivity index (χ3v) is 3.91. The molecular weight excluding hydrogens is 302 g/mol. The summed E-state index contributed by atoms with van der Waals surface area (Å²) in [6.45, 7) is 6.26. The molecule has 0 spiro atoms. The Kier molecular flexibility index (Phi) is 4.46. The summed E-state index contributed by atoms with van der Waals surface area (Å²) >= 11 is 0. The van der Waals surface area contributed by atoms with Gasteiger partial charge < -0.3 is 9.88 Å². The predicted octanol–water partition coefficient (Wildman–Crippen LogP) is 2.56. The van der Waals surface area contributed by atoms with Crippen molar-refractivity contribution in [2.24, 2.45) is 0 Å². The Morgan fingerprint density at radius 1 is 1.25 bits per heavy atom. The van der Waals surface area contributed by atoms with Gasteiger partial charge in [0, 0.05) is 18.1 Å². The Hall–Kier alpha value is -2.89. The zero-order valence-electron chi connectivity index (χ0n) is 14.1. The minimum Gasteiger partial charge on any atom is -0.348 e. The standard InChI is InChI=1S/C18H21N5O/c1-13-10-14(2)23(21-13)17-6-4-16(5-7-17)15(3)20-18(24)11-22-9-8-19-12-22/h4-10,12,15H,11H2,1-3H3,(H,20,24)/t15-/m0/s1. The molecule has 0 fully saturated rings. The Labute approximate surface area is 141 Å². The third-order valence-electron chi connectivity index (χ3n) is 3.91. The Morgan fingerprint density at radius 2 is 2.00 bits per heavy atom. The number of hydrogen-bond acceptors (Lipinski definition) is 3. The van der Waals surface area contributed by atoms with E-state index in [1.807, 2.05) is 55.8 Å². The van der Waals surface area contributed by atoms with Crippen LogP contribution in [0.4, 0.5) is 0 Å². The maximum absolute atomic E-state index is 12.1. The van der Waals surface area contributed by atoms with Crippen molar-refractivity contribution in [2.75, 3.05) is 0 Å². The molecule has 3 rings (SSSR count). The zero-order chi connectivity index (χ0) is 17.1. The summed E-state index contributed by atoms with van der Waals surface area (Å²) < 4.78 is 3.66. The van der Waals surface area contributed by atoms with Crippen LogP contribution in [-0.4, -0.2) is 25.2 Å². The van der Waals surface area contributed by atoms with Crippen LogP contribution in [0.15, 0.2) is 49.1 Å². The van der Waals surface area contributed by atoms with E-state index in [0.717, 1.165) is 22.6 Å². The molecule has 2 aromatic heterocycles. The van der Waals surface area contributed by atoms with Crippen LogP contribution in [-0.2, 0) is 11.3 Å². The Bertz CT molecular complexity index is 818. The van der Waals surface area contributed by atoms with Crippen molar-refractivity contribution < 1.29 is 4.79 Å². The molecule has 0 saturated carbocycles. The first-order valence-electron chi connectivity index (χ1n) is 7.91. The number of carbonyl (C=O) groups excluding carboxylic acids is 1. The number of aromatic nitrogens is 4. The fourth-order valence-electron chi connectivity index (χ4n) is 2.71. The molecular formula is C18H21N5O. The first-order chi connectivity index (χ1) is 11.5. The number of nitrogens with one attached hydrogen (secondary N) is 1. The summed E-state index contributed by atoms with van der Waals surface area (Å²) in [7, 11) is 0. The SMILES string of the molecule is Cc1cc(C)n(-c2ccc([C@H](C)NC(=O)Cn3ccnc3)cc2)n1. The average molecular weight is 323 g/mol. The molecule has 0 unspecified atom stereocenters. The molecule has 1 amide bonds. The number of benzene rings is 1. The summed E-state index contributed by atoms with van der Waals surface area (Å²) in [5.41, 5.74) is 4.17. The molecule has 6 nitrogen and oxygen atoms in total. The van der Waals surface area contributed by atoms with E-state index in [1.54, 1.807) is 23.3 Å². The van der Waals surface area contributed by atoms with Crippen LogP contribution >= 0.6 is 0 Å². The lowest BCUT2D eigenvalue weighted by molar-refractivity contribution is -0.122. The van der Waals surface area contributed by atoms with Crippen molar-refractivity contribution in [3.63, 3.8) is 0 Å². The van der Waals surface area contributed by atoms with Gasteiger partial charge in [-0.05, 0) is 44.5 Å². The largest absolute Gasteiger partial charge is 0.348 e. The van der Waals surface area contributed by atoms with Crippen molar-refractivity contribution >= 4 is 5.91 Å². The summed E-state index contributed by atoms with van der Waals surface area (Å²) in [4.78, 5) is 16.0. The molecule has 1 atom stereocenters. The van der Waals surface area contributed by atoms with Gasteiger partial charge in [0.05, 0.1) is 23.8 Å². The van der Waals surface area contributed by atoms with E-state index in [1.165, 1.54) is 0 Å². The van der Waals surface area contributed by atoms with E-state index in [0.29, 0.717) is 0 Å². The highest BCUT2D eigenvalue weighted by Gasteiger charge is 2.11. The van der Waals surface area contributed by atoms with Crippen LogP contribution in [0.1, 0.15) is 29.9 Å². The topological polar surface area (TPSA) is 64.7 Å². The number of rotatable bonds is 5. The summed E-state index contributed by atoms with van der Waals surface area (Å²) in [5.74, 6) is -0.0388. The van der Waals surface area contributed by atoms with Gasteiger partial charge in [-0.15, -0.1) is 0 Å². The van der Waals surface area contributed by atoms with Gasteiger partial charge in [-0.1, -0.05) is 12.1 Å². The van der Waals surface area contributed by atoms with Gasteiger partial charge in [0.2, 0.25) is 5.91 Å². The molecule has 2 heterocycles. The molecule has 1 aromatic carbocycles. The van der Waals surface area contributed by atoms with E-state index in [2.05, 4.69) is 15.4 Å². The highest BCUT2D eigenvalue weighted by atomic mass is 16.2. The second kappa shape index (κ2) is 6.70. The fourth-order valence-corrected chi connectivity index (χ4v) is 2.71. The molecule has 0 aliphatic rings. The molecule has 1 N–H and O–H groups in total. The Balaban J connectivity index is 1.66. The van der Waals surface area contributed by atoms with Crippen LogP contribution in [0, 0.1) is 13.8 Å². The van der Waals surface area contributed by atoms with Crippen LogP contribution < -0.4 is 5.32 Å². The number of aryl methyl sites for hydroxylation is 2. The van der Waals surface area contributed by atoms with Crippen LogP contribution in [0.2, 0.25) is 0 Å². The van der Waals surface area contributed by atoms with Gasteiger partial charge >= 0.3 is 0 Å². The molecule has 3 aromatic rings. The highest BCUT2D eigenvalue weighted by Crippen LogP contribution is 2.17. The van der Waals surface area contributed by atoms with Crippen molar-refractivity contribution in [3.05, 3.63) is 66.0 Å².